The second kappa shape index (κ2) is 5.01. The Labute approximate surface area is 108 Å². The molecule has 18 heavy (non-hydrogen) atoms. The van der Waals surface area contributed by atoms with Gasteiger partial charge in [0.25, 0.3) is 0 Å². The van der Waals surface area contributed by atoms with Crippen LogP contribution in [0.1, 0.15) is 16.1 Å². The van der Waals surface area contributed by atoms with Gasteiger partial charge in [-0.2, -0.15) is 0 Å². The Morgan fingerprint density at radius 1 is 1.33 bits per heavy atom. The number of hydrogen-bond donors (Lipinski definition) is 2. The number of aromatic carboxylic acids is 1. The number of aromatic nitrogens is 2. The van der Waals surface area contributed by atoms with Crippen LogP contribution < -0.4 is 5.32 Å². The summed E-state index contributed by atoms with van der Waals surface area (Å²) in [5, 5.41) is 12.3. The van der Waals surface area contributed by atoms with Crippen LogP contribution in [-0.4, -0.2) is 21.0 Å². The molecule has 2 rings (SSSR count). The van der Waals surface area contributed by atoms with Crippen molar-refractivity contribution in [2.24, 2.45) is 0 Å². The van der Waals surface area contributed by atoms with Gasteiger partial charge in [0.2, 0.25) is 0 Å². The maximum atomic E-state index is 10.6. The molecule has 2 N–H and O–H groups in total. The molecule has 92 valence electrons. The molecule has 0 saturated carbocycles. The number of rotatable bonds is 3. The molecule has 1 aromatic carbocycles. The minimum atomic E-state index is -1.10. The Balaban J connectivity index is 2.18. The van der Waals surface area contributed by atoms with Crippen LogP contribution in [0.5, 0.6) is 0 Å². The van der Waals surface area contributed by atoms with Crippen LogP contribution in [0.4, 0.5) is 11.5 Å². The van der Waals surface area contributed by atoms with Crippen LogP contribution >= 0.6 is 11.6 Å². The zero-order chi connectivity index (χ0) is 13.1. The highest BCUT2D eigenvalue weighted by molar-refractivity contribution is 6.31. The second-order valence-electron chi connectivity index (χ2n) is 3.68. The standard InChI is InChI=1S/C12H10ClN3O2/c1-7-2-3-8(4-9(7)13)16-11-6-14-10(5-15-11)12(17)18/h2-6H,1H3,(H,15,16)(H,17,18). The summed E-state index contributed by atoms with van der Waals surface area (Å²) in [6.45, 7) is 1.91. The lowest BCUT2D eigenvalue weighted by molar-refractivity contribution is 0.0690. The Kier molecular flexibility index (Phi) is 3.43. The molecular weight excluding hydrogens is 254 g/mol. The van der Waals surface area contributed by atoms with E-state index in [0.717, 1.165) is 11.3 Å². The van der Waals surface area contributed by atoms with Crippen molar-refractivity contribution in [3.63, 3.8) is 0 Å². The molecule has 0 saturated heterocycles. The van der Waals surface area contributed by atoms with Crippen LogP contribution in [0.25, 0.3) is 0 Å². The first kappa shape index (κ1) is 12.3. The first-order chi connectivity index (χ1) is 8.56. The van der Waals surface area contributed by atoms with Gasteiger partial charge in [0.05, 0.1) is 12.4 Å². The van der Waals surface area contributed by atoms with Crippen LogP contribution in [0.15, 0.2) is 30.6 Å². The quantitative estimate of drug-likeness (QED) is 0.891. The van der Waals surface area contributed by atoms with Crippen molar-refractivity contribution in [3.8, 4) is 0 Å². The first-order valence-electron chi connectivity index (χ1n) is 5.15. The summed E-state index contributed by atoms with van der Waals surface area (Å²) in [4.78, 5) is 18.3. The van der Waals surface area contributed by atoms with E-state index in [1.54, 1.807) is 6.07 Å². The minimum absolute atomic E-state index is 0.0949. The summed E-state index contributed by atoms with van der Waals surface area (Å²) in [5.41, 5.74) is 1.65. The second-order valence-corrected chi connectivity index (χ2v) is 4.09. The van der Waals surface area contributed by atoms with Crippen molar-refractivity contribution < 1.29 is 9.90 Å². The first-order valence-corrected chi connectivity index (χ1v) is 5.52. The maximum Gasteiger partial charge on any atom is 0.356 e. The van der Waals surface area contributed by atoms with Gasteiger partial charge in [0, 0.05) is 10.7 Å². The number of carboxylic acid groups (broad SMARTS) is 1. The van der Waals surface area contributed by atoms with Crippen LogP contribution in [0.2, 0.25) is 5.02 Å². The van der Waals surface area contributed by atoms with Crippen LogP contribution in [0, 0.1) is 6.92 Å². The van der Waals surface area contributed by atoms with Gasteiger partial charge < -0.3 is 10.4 Å². The summed E-state index contributed by atoms with van der Waals surface area (Å²) >= 11 is 5.99. The van der Waals surface area contributed by atoms with Crippen LogP contribution in [-0.2, 0) is 0 Å². The molecule has 6 heteroatoms. The number of nitrogens with one attached hydrogen (secondary N) is 1. The van der Waals surface area contributed by atoms with Gasteiger partial charge in [0.15, 0.2) is 5.69 Å². The van der Waals surface area contributed by atoms with Gasteiger partial charge in [-0.25, -0.2) is 14.8 Å². The van der Waals surface area contributed by atoms with E-state index < -0.39 is 5.97 Å². The van der Waals surface area contributed by atoms with E-state index in [1.807, 2.05) is 19.1 Å². The van der Waals surface area contributed by atoms with Crippen molar-refractivity contribution in [2.75, 3.05) is 5.32 Å². The van der Waals surface area contributed by atoms with E-state index in [4.69, 9.17) is 16.7 Å². The fourth-order valence-corrected chi connectivity index (χ4v) is 1.50. The smallest absolute Gasteiger partial charge is 0.356 e. The molecular formula is C12H10ClN3O2. The van der Waals surface area contributed by atoms with E-state index in [0.29, 0.717) is 10.8 Å². The molecule has 0 spiro atoms. The molecule has 0 aliphatic carbocycles. The molecule has 0 bridgehead atoms. The average molecular weight is 264 g/mol. The van der Waals surface area contributed by atoms with Gasteiger partial charge >= 0.3 is 5.97 Å². The SMILES string of the molecule is Cc1ccc(Nc2cnc(C(=O)O)cn2)cc1Cl. The number of benzene rings is 1. The molecule has 5 nitrogen and oxygen atoms in total. The van der Waals surface area contributed by atoms with E-state index >= 15 is 0 Å². The van der Waals surface area contributed by atoms with Crippen molar-refractivity contribution >= 4 is 29.1 Å². The molecule has 0 aliphatic rings. The molecule has 0 fully saturated rings. The molecule has 1 heterocycles. The lowest BCUT2D eigenvalue weighted by Gasteiger charge is -2.06. The van der Waals surface area contributed by atoms with Crippen molar-refractivity contribution in [1.29, 1.82) is 0 Å². The average Bonchev–Trinajstić information content (AvgIpc) is 2.34. The third kappa shape index (κ3) is 2.75. The molecule has 0 unspecified atom stereocenters. The normalized spacial score (nSPS) is 10.1. The summed E-state index contributed by atoms with van der Waals surface area (Å²) in [5.74, 6) is -0.646. The third-order valence-corrected chi connectivity index (χ3v) is 2.72. The van der Waals surface area contributed by atoms with E-state index in [-0.39, 0.29) is 5.69 Å². The zero-order valence-electron chi connectivity index (χ0n) is 9.51. The predicted octanol–water partition coefficient (Wildman–Crippen LogP) is 2.88. The number of halogens is 1. The molecule has 0 aliphatic heterocycles. The summed E-state index contributed by atoms with van der Waals surface area (Å²) in [6.07, 6.45) is 2.55. The number of hydrogen-bond acceptors (Lipinski definition) is 4. The Morgan fingerprint density at radius 3 is 2.67 bits per heavy atom. The lowest BCUT2D eigenvalue weighted by atomic mass is 10.2. The summed E-state index contributed by atoms with van der Waals surface area (Å²) < 4.78 is 0. The largest absolute Gasteiger partial charge is 0.476 e. The number of aryl methyl sites for hydroxylation is 1. The van der Waals surface area contributed by atoms with Crippen molar-refractivity contribution in [1.82, 2.24) is 9.97 Å². The van der Waals surface area contributed by atoms with E-state index in [9.17, 15) is 4.79 Å². The number of nitrogens with zero attached hydrogens (tertiary/aromatic N) is 2. The zero-order valence-corrected chi connectivity index (χ0v) is 10.3. The monoisotopic (exact) mass is 263 g/mol. The highest BCUT2D eigenvalue weighted by Gasteiger charge is 2.05. The minimum Gasteiger partial charge on any atom is -0.476 e. The van der Waals surface area contributed by atoms with Gasteiger partial charge in [-0.05, 0) is 24.6 Å². The molecule has 0 amide bonds. The fraction of sp³-hybridized carbons (Fsp3) is 0.0833. The third-order valence-electron chi connectivity index (χ3n) is 2.32. The molecule has 0 radical (unpaired) electrons. The van der Waals surface area contributed by atoms with Gasteiger partial charge in [-0.1, -0.05) is 17.7 Å². The number of carboxylic acids is 1. The topological polar surface area (TPSA) is 75.1 Å². The van der Waals surface area contributed by atoms with Gasteiger partial charge in [-0.15, -0.1) is 0 Å². The highest BCUT2D eigenvalue weighted by atomic mass is 35.5. The van der Waals surface area contributed by atoms with E-state index in [2.05, 4.69) is 15.3 Å². The summed E-state index contributed by atoms with van der Waals surface area (Å²) in [6, 6.07) is 5.50. The maximum absolute atomic E-state index is 10.6. The molecule has 0 atom stereocenters. The van der Waals surface area contributed by atoms with Gasteiger partial charge in [-0.3, -0.25) is 0 Å². The predicted molar refractivity (Wildman–Crippen MR) is 68.5 cm³/mol. The number of anilines is 2. The molecule has 2 aromatic rings. The molecule has 1 aromatic heterocycles. The lowest BCUT2D eigenvalue weighted by Crippen LogP contribution is -2.02. The van der Waals surface area contributed by atoms with Gasteiger partial charge in [0.1, 0.15) is 5.82 Å². The highest BCUT2D eigenvalue weighted by Crippen LogP contribution is 2.22. The number of carbonyl (C=O) groups is 1. The Bertz CT molecular complexity index is 584. The van der Waals surface area contributed by atoms with Crippen molar-refractivity contribution in [3.05, 3.63) is 46.9 Å². The Hall–Kier alpha value is -2.14. The van der Waals surface area contributed by atoms with E-state index in [1.165, 1.54) is 12.4 Å². The fourth-order valence-electron chi connectivity index (χ4n) is 1.32. The Morgan fingerprint density at radius 2 is 2.11 bits per heavy atom. The van der Waals surface area contributed by atoms with Crippen molar-refractivity contribution in [2.45, 2.75) is 6.92 Å². The summed E-state index contributed by atoms with van der Waals surface area (Å²) in [7, 11) is 0. The van der Waals surface area contributed by atoms with Crippen LogP contribution in [0.3, 0.4) is 0 Å².